The third-order valence-corrected chi connectivity index (χ3v) is 4.39. The molecule has 3 aromatic heterocycles. The molecule has 0 aliphatic carbocycles. The van der Waals surface area contributed by atoms with Crippen molar-refractivity contribution in [2.24, 2.45) is 0 Å². The summed E-state index contributed by atoms with van der Waals surface area (Å²) in [4.78, 5) is 24.0. The Morgan fingerprint density at radius 2 is 1.75 bits per heavy atom. The van der Waals surface area contributed by atoms with Crippen LogP contribution in [0.3, 0.4) is 0 Å². The van der Waals surface area contributed by atoms with Crippen LogP contribution in [0, 0.1) is 5.82 Å². The summed E-state index contributed by atoms with van der Waals surface area (Å²) in [5.74, 6) is -0.517. The molecule has 0 unspecified atom stereocenters. The van der Waals surface area contributed by atoms with Gasteiger partial charge < -0.3 is 10.3 Å². The summed E-state index contributed by atoms with van der Waals surface area (Å²) in [5, 5.41) is 2.91. The first kappa shape index (κ1) is 17.6. The Morgan fingerprint density at radius 3 is 2.54 bits per heavy atom. The number of halogens is 1. The van der Waals surface area contributed by atoms with Gasteiger partial charge in [-0.05, 0) is 53.1 Å². The molecule has 0 aliphatic heterocycles. The minimum absolute atomic E-state index is 0.224. The first-order chi connectivity index (χ1) is 13.7. The van der Waals surface area contributed by atoms with Crippen LogP contribution in [-0.4, -0.2) is 20.9 Å². The van der Waals surface area contributed by atoms with Crippen LogP contribution in [0.1, 0.15) is 16.1 Å². The number of nitrogens with zero attached hydrogens (tertiary/aromatic N) is 2. The number of pyridine rings is 2. The summed E-state index contributed by atoms with van der Waals surface area (Å²) in [6, 6.07) is 15.4. The molecule has 0 saturated carbocycles. The van der Waals surface area contributed by atoms with E-state index >= 15 is 0 Å². The molecule has 4 rings (SSSR count). The second-order valence-electron chi connectivity index (χ2n) is 6.24. The van der Waals surface area contributed by atoms with Crippen molar-refractivity contribution in [2.75, 3.05) is 0 Å². The van der Waals surface area contributed by atoms with Gasteiger partial charge in [0.25, 0.3) is 5.91 Å². The number of hydrogen-bond donors (Lipinski definition) is 2. The van der Waals surface area contributed by atoms with E-state index in [9.17, 15) is 9.18 Å². The van der Waals surface area contributed by atoms with Gasteiger partial charge in [-0.15, -0.1) is 0 Å². The van der Waals surface area contributed by atoms with Crippen molar-refractivity contribution in [3.8, 4) is 22.4 Å². The van der Waals surface area contributed by atoms with Crippen molar-refractivity contribution >= 4 is 5.91 Å². The first-order valence-corrected chi connectivity index (χ1v) is 8.77. The molecule has 0 bridgehead atoms. The van der Waals surface area contributed by atoms with Gasteiger partial charge in [0.05, 0.1) is 5.69 Å². The molecule has 4 aromatic rings. The molecule has 0 saturated heterocycles. The summed E-state index contributed by atoms with van der Waals surface area (Å²) < 4.78 is 13.1. The summed E-state index contributed by atoms with van der Waals surface area (Å²) in [5.41, 5.74) is 4.76. The van der Waals surface area contributed by atoms with E-state index < -0.39 is 0 Å². The fraction of sp³-hybridized carbons (Fsp3) is 0.0455. The molecule has 0 radical (unpaired) electrons. The Morgan fingerprint density at radius 1 is 0.964 bits per heavy atom. The summed E-state index contributed by atoms with van der Waals surface area (Å²) in [7, 11) is 0. The highest BCUT2D eigenvalue weighted by molar-refractivity contribution is 5.94. The smallest absolute Gasteiger partial charge is 0.267 e. The highest BCUT2D eigenvalue weighted by Gasteiger charge is 2.12. The van der Waals surface area contributed by atoms with Crippen molar-refractivity contribution in [2.45, 2.75) is 6.54 Å². The maximum atomic E-state index is 13.1. The Hall–Kier alpha value is -3.80. The van der Waals surface area contributed by atoms with Crippen LogP contribution in [-0.2, 0) is 6.54 Å². The van der Waals surface area contributed by atoms with Crippen molar-refractivity contribution in [1.29, 1.82) is 0 Å². The highest BCUT2D eigenvalue weighted by atomic mass is 19.1. The van der Waals surface area contributed by atoms with Crippen LogP contribution >= 0.6 is 0 Å². The van der Waals surface area contributed by atoms with Crippen molar-refractivity contribution in [3.63, 3.8) is 0 Å². The molecule has 2 N–H and O–H groups in total. The number of aromatic amines is 1. The first-order valence-electron chi connectivity index (χ1n) is 8.77. The minimum atomic E-state index is -0.293. The third-order valence-electron chi connectivity index (χ3n) is 4.39. The predicted molar refractivity (Wildman–Crippen MR) is 105 cm³/mol. The number of H-pyrrole nitrogens is 1. The number of amides is 1. The second kappa shape index (κ2) is 7.84. The van der Waals surface area contributed by atoms with Crippen LogP contribution in [0.4, 0.5) is 4.39 Å². The van der Waals surface area contributed by atoms with Crippen LogP contribution in [0.5, 0.6) is 0 Å². The summed E-state index contributed by atoms with van der Waals surface area (Å²) in [6.45, 7) is 0.342. The quantitative estimate of drug-likeness (QED) is 0.551. The number of benzene rings is 1. The zero-order valence-corrected chi connectivity index (χ0v) is 14.9. The molecule has 6 heteroatoms. The normalized spacial score (nSPS) is 10.6. The van der Waals surface area contributed by atoms with Crippen LogP contribution in [0.25, 0.3) is 22.4 Å². The van der Waals surface area contributed by atoms with Gasteiger partial charge in [0.15, 0.2) is 0 Å². The van der Waals surface area contributed by atoms with Crippen molar-refractivity contribution < 1.29 is 9.18 Å². The molecule has 138 valence electrons. The van der Waals surface area contributed by atoms with Crippen LogP contribution < -0.4 is 5.32 Å². The zero-order valence-electron chi connectivity index (χ0n) is 14.9. The summed E-state index contributed by atoms with van der Waals surface area (Å²) in [6.07, 6.45) is 6.88. The molecule has 0 fully saturated rings. The number of carbonyl (C=O) groups is 1. The third kappa shape index (κ3) is 3.81. The molecular formula is C22H17FN4O. The zero-order chi connectivity index (χ0) is 19.3. The lowest BCUT2D eigenvalue weighted by Crippen LogP contribution is -2.23. The van der Waals surface area contributed by atoms with E-state index in [1.54, 1.807) is 43.0 Å². The van der Waals surface area contributed by atoms with Crippen molar-refractivity contribution in [3.05, 3.63) is 96.5 Å². The Balaban J connectivity index is 1.48. The van der Waals surface area contributed by atoms with Gasteiger partial charge in [0.2, 0.25) is 0 Å². The van der Waals surface area contributed by atoms with E-state index in [0.29, 0.717) is 12.2 Å². The lowest BCUT2D eigenvalue weighted by Gasteiger charge is -2.09. The number of hydrogen-bond acceptors (Lipinski definition) is 3. The molecule has 1 aromatic carbocycles. The maximum absolute atomic E-state index is 13.1. The Bertz CT molecular complexity index is 1090. The fourth-order valence-corrected chi connectivity index (χ4v) is 2.96. The largest absolute Gasteiger partial charge is 0.357 e. The van der Waals surface area contributed by atoms with Crippen LogP contribution in [0.15, 0.2) is 79.4 Å². The highest BCUT2D eigenvalue weighted by Crippen LogP contribution is 2.22. The predicted octanol–water partition coefficient (Wildman–Crippen LogP) is 4.21. The number of carbonyl (C=O) groups excluding carboxylic acids is 1. The molecule has 0 aliphatic rings. The van der Waals surface area contributed by atoms with E-state index in [4.69, 9.17) is 0 Å². The number of nitrogens with one attached hydrogen (secondary N) is 2. The van der Waals surface area contributed by atoms with Gasteiger partial charge in [-0.1, -0.05) is 18.2 Å². The topological polar surface area (TPSA) is 70.7 Å². The lowest BCUT2D eigenvalue weighted by molar-refractivity contribution is 0.0946. The van der Waals surface area contributed by atoms with Gasteiger partial charge >= 0.3 is 0 Å². The molecule has 5 nitrogen and oxygen atoms in total. The van der Waals surface area contributed by atoms with E-state index in [2.05, 4.69) is 20.3 Å². The maximum Gasteiger partial charge on any atom is 0.267 e. The van der Waals surface area contributed by atoms with Crippen LogP contribution in [0.2, 0.25) is 0 Å². The Kier molecular flexibility index (Phi) is 4.93. The van der Waals surface area contributed by atoms with Gasteiger partial charge in [0.1, 0.15) is 11.5 Å². The van der Waals surface area contributed by atoms with E-state index in [1.807, 2.05) is 24.3 Å². The van der Waals surface area contributed by atoms with Gasteiger partial charge in [-0.3, -0.25) is 14.8 Å². The second-order valence-corrected chi connectivity index (χ2v) is 6.24. The Labute approximate surface area is 161 Å². The number of aromatic nitrogens is 3. The SMILES string of the molecule is O=C(NCc1cccnc1-c1ccncc1)c1cc(-c2ccc(F)cc2)c[nH]1. The van der Waals surface area contributed by atoms with Gasteiger partial charge in [0, 0.05) is 36.9 Å². The lowest BCUT2D eigenvalue weighted by atomic mass is 10.1. The average molecular weight is 372 g/mol. The molecule has 0 spiro atoms. The van der Waals surface area contributed by atoms with E-state index in [0.717, 1.165) is 27.9 Å². The minimum Gasteiger partial charge on any atom is -0.357 e. The monoisotopic (exact) mass is 372 g/mol. The average Bonchev–Trinajstić information content (AvgIpc) is 3.24. The molecule has 3 heterocycles. The number of rotatable bonds is 5. The molecule has 1 amide bonds. The standard InChI is InChI=1S/C22H17FN4O/c23-19-5-3-15(4-6-19)18-12-20(26-14-18)22(28)27-13-17-2-1-9-25-21(17)16-7-10-24-11-8-16/h1-12,14,26H,13H2,(H,27,28). The van der Waals surface area contributed by atoms with Gasteiger partial charge in [-0.2, -0.15) is 0 Å². The van der Waals surface area contributed by atoms with E-state index in [-0.39, 0.29) is 11.7 Å². The van der Waals surface area contributed by atoms with E-state index in [1.165, 1.54) is 12.1 Å². The molecule has 0 atom stereocenters. The fourth-order valence-electron chi connectivity index (χ4n) is 2.96. The van der Waals surface area contributed by atoms with Gasteiger partial charge in [-0.25, -0.2) is 4.39 Å². The molecule has 28 heavy (non-hydrogen) atoms. The summed E-state index contributed by atoms with van der Waals surface area (Å²) >= 11 is 0. The molecular weight excluding hydrogens is 355 g/mol. The van der Waals surface area contributed by atoms with Crippen molar-refractivity contribution in [1.82, 2.24) is 20.3 Å².